The fourth-order valence-corrected chi connectivity index (χ4v) is 2.92. The Morgan fingerprint density at radius 1 is 1.44 bits per heavy atom. The predicted molar refractivity (Wildman–Crippen MR) is 65.0 cm³/mol. The first-order chi connectivity index (χ1) is 7.79. The van der Waals surface area contributed by atoms with E-state index in [0.717, 1.165) is 28.4 Å². The van der Waals surface area contributed by atoms with Crippen LogP contribution in [0, 0.1) is 5.92 Å². The maximum atomic E-state index is 5.43. The van der Waals surface area contributed by atoms with E-state index in [1.807, 2.05) is 7.05 Å². The molecule has 1 aromatic rings. The summed E-state index contributed by atoms with van der Waals surface area (Å²) < 4.78 is 11.8. The van der Waals surface area contributed by atoms with Crippen molar-refractivity contribution >= 4 is 15.9 Å². The number of rotatable bonds is 3. The Balaban J connectivity index is 1.85. The second-order valence-corrected chi connectivity index (χ2v) is 5.25. The molecule has 0 aromatic heterocycles. The van der Waals surface area contributed by atoms with E-state index in [2.05, 4.69) is 33.4 Å². The van der Waals surface area contributed by atoms with Gasteiger partial charge in [0, 0.05) is 0 Å². The summed E-state index contributed by atoms with van der Waals surface area (Å²) in [6, 6.07) is 4.28. The number of halogens is 1. The first-order valence-electron chi connectivity index (χ1n) is 5.53. The molecule has 2 aliphatic rings. The number of nitrogens with one attached hydrogen (secondary N) is 1. The van der Waals surface area contributed by atoms with Crippen molar-refractivity contribution in [3.63, 3.8) is 0 Å². The maximum absolute atomic E-state index is 5.43. The van der Waals surface area contributed by atoms with Crippen molar-refractivity contribution in [2.45, 2.75) is 12.3 Å². The van der Waals surface area contributed by atoms with Gasteiger partial charge in [-0.3, -0.25) is 0 Å². The minimum atomic E-state index is 0.335. The highest BCUT2D eigenvalue weighted by molar-refractivity contribution is 9.10. The zero-order chi connectivity index (χ0) is 11.1. The van der Waals surface area contributed by atoms with Crippen molar-refractivity contribution in [2.24, 2.45) is 5.92 Å². The van der Waals surface area contributed by atoms with Gasteiger partial charge < -0.3 is 14.8 Å². The average molecular weight is 284 g/mol. The number of fused-ring (bicyclic) bond motifs is 1. The predicted octanol–water partition coefficient (Wildman–Crippen LogP) is 2.50. The normalized spacial score (nSPS) is 25.9. The summed E-state index contributed by atoms with van der Waals surface area (Å²) in [6.07, 6.45) is 1.27. The maximum Gasteiger partial charge on any atom is 0.231 e. The summed E-state index contributed by atoms with van der Waals surface area (Å²) in [5.41, 5.74) is 1.36. The van der Waals surface area contributed by atoms with Gasteiger partial charge in [-0.2, -0.15) is 0 Å². The van der Waals surface area contributed by atoms with Crippen molar-refractivity contribution < 1.29 is 9.47 Å². The second-order valence-electron chi connectivity index (χ2n) is 4.40. The van der Waals surface area contributed by atoms with E-state index in [4.69, 9.17) is 9.47 Å². The lowest BCUT2D eigenvalue weighted by Crippen LogP contribution is -2.10. The molecule has 1 aliphatic carbocycles. The number of hydrogen-bond acceptors (Lipinski definition) is 3. The van der Waals surface area contributed by atoms with Crippen LogP contribution < -0.4 is 14.8 Å². The van der Waals surface area contributed by atoms with Crippen LogP contribution >= 0.6 is 15.9 Å². The highest BCUT2D eigenvalue weighted by atomic mass is 79.9. The zero-order valence-electron chi connectivity index (χ0n) is 9.13. The lowest BCUT2D eigenvalue weighted by molar-refractivity contribution is 0.173. The molecule has 0 saturated heterocycles. The molecular weight excluding hydrogens is 270 g/mol. The molecule has 1 heterocycles. The van der Waals surface area contributed by atoms with Gasteiger partial charge in [0.1, 0.15) is 0 Å². The number of ether oxygens (including phenoxy) is 2. The average Bonchev–Trinajstić information content (AvgIpc) is 2.86. The second kappa shape index (κ2) is 3.93. The van der Waals surface area contributed by atoms with Crippen molar-refractivity contribution in [1.82, 2.24) is 5.32 Å². The van der Waals surface area contributed by atoms with Crippen LogP contribution in [0.1, 0.15) is 17.9 Å². The molecule has 0 spiro atoms. The van der Waals surface area contributed by atoms with Crippen molar-refractivity contribution in [3.05, 3.63) is 22.2 Å². The molecule has 86 valence electrons. The largest absolute Gasteiger partial charge is 0.454 e. The van der Waals surface area contributed by atoms with E-state index in [9.17, 15) is 0 Å². The molecule has 0 radical (unpaired) electrons. The third kappa shape index (κ3) is 1.70. The first kappa shape index (κ1) is 10.4. The van der Waals surface area contributed by atoms with Crippen LogP contribution in [0.5, 0.6) is 11.5 Å². The van der Waals surface area contributed by atoms with Gasteiger partial charge in [-0.15, -0.1) is 0 Å². The molecule has 1 fully saturated rings. The van der Waals surface area contributed by atoms with Crippen molar-refractivity contribution in [3.8, 4) is 11.5 Å². The van der Waals surface area contributed by atoms with Crippen LogP contribution in [0.2, 0.25) is 0 Å². The topological polar surface area (TPSA) is 30.5 Å². The Hall–Kier alpha value is -0.740. The third-order valence-electron chi connectivity index (χ3n) is 3.27. The monoisotopic (exact) mass is 283 g/mol. The van der Waals surface area contributed by atoms with Gasteiger partial charge in [-0.05, 0) is 65.5 Å². The minimum Gasteiger partial charge on any atom is -0.454 e. The van der Waals surface area contributed by atoms with E-state index >= 15 is 0 Å². The van der Waals surface area contributed by atoms with E-state index in [-0.39, 0.29) is 0 Å². The Bertz CT molecular complexity index is 422. The lowest BCUT2D eigenvalue weighted by Gasteiger charge is -2.05. The highest BCUT2D eigenvalue weighted by Crippen LogP contribution is 2.51. The summed E-state index contributed by atoms with van der Waals surface area (Å²) in [4.78, 5) is 0. The minimum absolute atomic E-state index is 0.335. The molecule has 2 atom stereocenters. The van der Waals surface area contributed by atoms with Gasteiger partial charge in [-0.1, -0.05) is 0 Å². The molecule has 3 nitrogen and oxygen atoms in total. The Morgan fingerprint density at radius 3 is 3.12 bits per heavy atom. The van der Waals surface area contributed by atoms with Gasteiger partial charge in [0.2, 0.25) is 6.79 Å². The van der Waals surface area contributed by atoms with Gasteiger partial charge in [0.25, 0.3) is 0 Å². The molecule has 1 saturated carbocycles. The van der Waals surface area contributed by atoms with E-state index < -0.39 is 0 Å². The molecule has 1 aliphatic heterocycles. The van der Waals surface area contributed by atoms with Gasteiger partial charge >= 0.3 is 0 Å². The Kier molecular flexibility index (Phi) is 2.56. The van der Waals surface area contributed by atoms with Crippen LogP contribution in [-0.4, -0.2) is 20.4 Å². The first-order valence-corrected chi connectivity index (χ1v) is 6.32. The quantitative estimate of drug-likeness (QED) is 0.925. The Labute approximate surface area is 103 Å². The fourth-order valence-electron chi connectivity index (χ4n) is 2.35. The smallest absolute Gasteiger partial charge is 0.231 e. The zero-order valence-corrected chi connectivity index (χ0v) is 10.7. The summed E-state index contributed by atoms with van der Waals surface area (Å²) >= 11 is 3.53. The molecule has 0 amide bonds. The molecule has 0 bridgehead atoms. The highest BCUT2D eigenvalue weighted by Gasteiger charge is 2.38. The number of benzene rings is 1. The SMILES string of the molecule is CNCC1CC1c1cc(Br)c2c(c1)OCO2. The van der Waals surface area contributed by atoms with E-state index in [1.165, 1.54) is 12.0 Å². The van der Waals surface area contributed by atoms with Crippen LogP contribution in [0.3, 0.4) is 0 Å². The molecule has 2 unspecified atom stereocenters. The summed E-state index contributed by atoms with van der Waals surface area (Å²) in [7, 11) is 2.00. The van der Waals surface area contributed by atoms with E-state index in [1.54, 1.807) is 0 Å². The number of hydrogen-bond donors (Lipinski definition) is 1. The summed E-state index contributed by atoms with van der Waals surface area (Å²) in [5.74, 6) is 3.17. The Morgan fingerprint density at radius 2 is 2.31 bits per heavy atom. The lowest BCUT2D eigenvalue weighted by atomic mass is 10.1. The summed E-state index contributed by atoms with van der Waals surface area (Å²) in [6.45, 7) is 1.43. The molecule has 1 aromatic carbocycles. The van der Waals surface area contributed by atoms with Crippen LogP contribution in [0.4, 0.5) is 0 Å². The third-order valence-corrected chi connectivity index (χ3v) is 3.86. The van der Waals surface area contributed by atoms with E-state index in [0.29, 0.717) is 12.7 Å². The fraction of sp³-hybridized carbons (Fsp3) is 0.500. The van der Waals surface area contributed by atoms with Gasteiger partial charge in [0.15, 0.2) is 11.5 Å². The standard InChI is InChI=1S/C12H14BrNO2/c1-14-5-8-2-9(8)7-3-10(13)12-11(4-7)15-6-16-12/h3-4,8-9,14H,2,5-6H2,1H3. The summed E-state index contributed by atoms with van der Waals surface area (Å²) in [5, 5.41) is 3.23. The van der Waals surface area contributed by atoms with Gasteiger partial charge in [-0.25, -0.2) is 0 Å². The van der Waals surface area contributed by atoms with Crippen molar-refractivity contribution in [1.29, 1.82) is 0 Å². The van der Waals surface area contributed by atoms with Crippen molar-refractivity contribution in [2.75, 3.05) is 20.4 Å². The van der Waals surface area contributed by atoms with Crippen LogP contribution in [0.25, 0.3) is 0 Å². The molecule has 3 rings (SSSR count). The molecule has 16 heavy (non-hydrogen) atoms. The molecule has 1 N–H and O–H groups in total. The molecule has 4 heteroatoms. The van der Waals surface area contributed by atoms with Crippen LogP contribution in [0.15, 0.2) is 16.6 Å². The van der Waals surface area contributed by atoms with Gasteiger partial charge in [0.05, 0.1) is 4.47 Å². The van der Waals surface area contributed by atoms with Crippen LogP contribution in [-0.2, 0) is 0 Å². The molecular formula is C12H14BrNO2.